The van der Waals surface area contributed by atoms with Crippen LogP contribution in [-0.2, 0) is 4.79 Å². The fourth-order valence-corrected chi connectivity index (χ4v) is 6.01. The highest BCUT2D eigenvalue weighted by Gasteiger charge is 2.22. The van der Waals surface area contributed by atoms with Gasteiger partial charge < -0.3 is 15.1 Å². The maximum atomic E-state index is 12.0. The molecule has 0 unspecified atom stereocenters. The Morgan fingerprint density at radius 1 is 1.15 bits per heavy atom. The summed E-state index contributed by atoms with van der Waals surface area (Å²) in [6.07, 6.45) is 3.58. The molecule has 4 aromatic rings. The van der Waals surface area contributed by atoms with E-state index in [1.807, 2.05) is 22.8 Å². The molecular weight excluding hydrogens is 474 g/mol. The summed E-state index contributed by atoms with van der Waals surface area (Å²) < 4.78 is 3.41. The van der Waals surface area contributed by atoms with Crippen LogP contribution in [0.2, 0.25) is 0 Å². The van der Waals surface area contributed by atoms with E-state index in [4.69, 9.17) is 22.3 Å². The number of thiocarbonyl (C=S) groups is 1. The molecule has 2 fully saturated rings. The fourth-order valence-electron chi connectivity index (χ4n) is 3.92. The normalized spacial score (nSPS) is 18.7. The van der Waals surface area contributed by atoms with Gasteiger partial charge in [-0.3, -0.25) is 4.79 Å². The van der Waals surface area contributed by atoms with Crippen molar-refractivity contribution in [2.24, 2.45) is 0 Å². The van der Waals surface area contributed by atoms with E-state index in [-0.39, 0.29) is 5.91 Å². The molecule has 0 bridgehead atoms. The van der Waals surface area contributed by atoms with Crippen molar-refractivity contribution in [3.63, 3.8) is 0 Å². The third-order valence-corrected chi connectivity index (χ3v) is 7.99. The van der Waals surface area contributed by atoms with Gasteiger partial charge in [0, 0.05) is 31.7 Å². The Morgan fingerprint density at radius 2 is 2.00 bits per heavy atom. The third-order valence-electron chi connectivity index (χ3n) is 5.75. The number of carbonyl (C=O) groups excluding carboxylic acids is 1. The summed E-state index contributed by atoms with van der Waals surface area (Å²) in [5, 5.41) is 8.42. The minimum atomic E-state index is -0.190. The number of fused-ring (bicyclic) bond motifs is 2. The van der Waals surface area contributed by atoms with Crippen molar-refractivity contribution in [3.8, 4) is 11.3 Å². The Kier molecular flexibility index (Phi) is 5.13. The molecule has 8 nitrogen and oxygen atoms in total. The minimum absolute atomic E-state index is 0.190. The topological polar surface area (TPSA) is 78.7 Å². The van der Waals surface area contributed by atoms with Crippen LogP contribution in [0.25, 0.3) is 33.2 Å². The number of aromatic nitrogens is 4. The Balaban J connectivity index is 1.35. The van der Waals surface area contributed by atoms with Gasteiger partial charge in [0.1, 0.15) is 4.32 Å². The zero-order valence-electron chi connectivity index (χ0n) is 17.7. The van der Waals surface area contributed by atoms with Crippen LogP contribution in [-0.4, -0.2) is 67.9 Å². The lowest BCUT2D eigenvalue weighted by atomic mass is 10.1. The summed E-state index contributed by atoms with van der Waals surface area (Å²) in [5.41, 5.74) is 4.33. The van der Waals surface area contributed by atoms with E-state index in [0.717, 1.165) is 58.4 Å². The van der Waals surface area contributed by atoms with Crippen LogP contribution in [0.3, 0.4) is 0 Å². The van der Waals surface area contributed by atoms with Gasteiger partial charge in [0.05, 0.1) is 32.7 Å². The summed E-state index contributed by atoms with van der Waals surface area (Å²) >= 11 is 8.04. The molecule has 1 N–H and O–H groups in total. The lowest BCUT2D eigenvalue weighted by molar-refractivity contribution is -0.115. The first-order chi connectivity index (χ1) is 16.0. The second kappa shape index (κ2) is 8.17. The van der Waals surface area contributed by atoms with E-state index < -0.39 is 0 Å². The first-order valence-electron chi connectivity index (χ1n) is 10.5. The smallest absolute Gasteiger partial charge is 0.263 e. The summed E-state index contributed by atoms with van der Waals surface area (Å²) in [7, 11) is 2.16. The van der Waals surface area contributed by atoms with Gasteiger partial charge in [-0.1, -0.05) is 41.4 Å². The lowest BCUT2D eigenvalue weighted by Gasteiger charge is -2.32. The number of hydrogen-bond acceptors (Lipinski definition) is 9. The monoisotopic (exact) mass is 493 g/mol. The van der Waals surface area contributed by atoms with Crippen LogP contribution in [0, 0.1) is 0 Å². The maximum Gasteiger partial charge on any atom is 0.263 e. The molecule has 1 amide bonds. The number of nitrogens with zero attached hydrogens (tertiary/aromatic N) is 6. The molecule has 2 saturated heterocycles. The molecular formula is C22H19N7OS3. The van der Waals surface area contributed by atoms with E-state index in [1.54, 1.807) is 17.4 Å². The molecule has 0 spiro atoms. The van der Waals surface area contributed by atoms with Gasteiger partial charge in [0.15, 0.2) is 10.8 Å². The van der Waals surface area contributed by atoms with Crippen LogP contribution in [0.4, 0.5) is 5.13 Å². The van der Waals surface area contributed by atoms with Crippen molar-refractivity contribution in [1.82, 2.24) is 29.8 Å². The number of carbonyl (C=O) groups is 1. The van der Waals surface area contributed by atoms with Crippen molar-refractivity contribution >= 4 is 72.6 Å². The number of thiazole rings is 1. The lowest BCUT2D eigenvalue weighted by Crippen LogP contribution is -2.44. The Labute approximate surface area is 203 Å². The first kappa shape index (κ1) is 20.7. The van der Waals surface area contributed by atoms with E-state index in [9.17, 15) is 4.79 Å². The minimum Gasteiger partial charge on any atom is -0.345 e. The number of imidazole rings is 1. The first-order valence-corrected chi connectivity index (χ1v) is 12.5. The number of anilines is 1. The van der Waals surface area contributed by atoms with Crippen LogP contribution in [0.5, 0.6) is 0 Å². The van der Waals surface area contributed by atoms with Crippen LogP contribution >= 0.6 is 35.3 Å². The molecule has 5 heterocycles. The number of amides is 1. The second-order valence-electron chi connectivity index (χ2n) is 7.99. The SMILES string of the molecule is CN1CCN(c2nc3ccc(-c4cnc5ccc(C=C6SC(=S)NC6=O)nn45)cc3s2)CC1. The van der Waals surface area contributed by atoms with Gasteiger partial charge in [0.2, 0.25) is 0 Å². The van der Waals surface area contributed by atoms with Crippen molar-refractivity contribution < 1.29 is 4.79 Å². The Hall–Kier alpha value is -2.86. The van der Waals surface area contributed by atoms with Gasteiger partial charge in [-0.2, -0.15) is 5.10 Å². The number of benzene rings is 1. The molecule has 0 atom stereocenters. The van der Waals surface area contributed by atoms with Crippen LogP contribution < -0.4 is 10.2 Å². The van der Waals surface area contributed by atoms with Crippen molar-refractivity contribution in [1.29, 1.82) is 0 Å². The molecule has 0 radical (unpaired) electrons. The summed E-state index contributed by atoms with van der Waals surface area (Å²) in [4.78, 5) is 26.6. The molecule has 11 heteroatoms. The molecule has 0 saturated carbocycles. The summed E-state index contributed by atoms with van der Waals surface area (Å²) in [5.74, 6) is -0.190. The molecule has 166 valence electrons. The third kappa shape index (κ3) is 3.90. The van der Waals surface area contributed by atoms with Crippen molar-refractivity contribution in [2.75, 3.05) is 38.1 Å². The fraction of sp³-hybridized carbons (Fsp3) is 0.227. The predicted octanol–water partition coefficient (Wildman–Crippen LogP) is 3.25. The van der Waals surface area contributed by atoms with Gasteiger partial charge in [-0.25, -0.2) is 14.5 Å². The van der Waals surface area contributed by atoms with E-state index in [1.165, 1.54) is 11.8 Å². The highest BCUT2D eigenvalue weighted by atomic mass is 32.2. The van der Waals surface area contributed by atoms with Crippen LogP contribution in [0.15, 0.2) is 41.4 Å². The average molecular weight is 494 g/mol. The number of thioether (sulfide) groups is 1. The quantitative estimate of drug-likeness (QED) is 0.344. The van der Waals surface area contributed by atoms with E-state index in [2.05, 4.69) is 45.3 Å². The molecule has 6 rings (SSSR count). The van der Waals surface area contributed by atoms with Gasteiger partial charge in [-0.15, -0.1) is 0 Å². The van der Waals surface area contributed by atoms with Gasteiger partial charge in [-0.05, 0) is 37.4 Å². The maximum absolute atomic E-state index is 12.0. The highest BCUT2D eigenvalue weighted by molar-refractivity contribution is 8.26. The molecule has 3 aromatic heterocycles. The molecule has 0 aliphatic carbocycles. The molecule has 1 aromatic carbocycles. The summed E-state index contributed by atoms with van der Waals surface area (Å²) in [6, 6.07) is 10.0. The average Bonchev–Trinajstić information content (AvgIpc) is 3.50. The van der Waals surface area contributed by atoms with Gasteiger partial charge >= 0.3 is 0 Å². The summed E-state index contributed by atoms with van der Waals surface area (Å²) in [6.45, 7) is 4.11. The molecule has 33 heavy (non-hydrogen) atoms. The molecule has 2 aliphatic heterocycles. The Bertz CT molecular complexity index is 1450. The number of nitrogens with one attached hydrogen (secondary N) is 1. The zero-order valence-corrected chi connectivity index (χ0v) is 20.1. The molecule has 2 aliphatic rings. The Morgan fingerprint density at radius 3 is 2.79 bits per heavy atom. The van der Waals surface area contributed by atoms with E-state index >= 15 is 0 Å². The van der Waals surface area contributed by atoms with Crippen molar-refractivity contribution in [2.45, 2.75) is 0 Å². The number of rotatable bonds is 3. The predicted molar refractivity (Wildman–Crippen MR) is 138 cm³/mol. The second-order valence-corrected chi connectivity index (χ2v) is 10.7. The highest BCUT2D eigenvalue weighted by Crippen LogP contribution is 2.33. The van der Waals surface area contributed by atoms with Gasteiger partial charge in [0.25, 0.3) is 5.91 Å². The van der Waals surface area contributed by atoms with E-state index in [0.29, 0.717) is 14.9 Å². The number of piperazine rings is 1. The van der Waals surface area contributed by atoms with Crippen LogP contribution in [0.1, 0.15) is 5.69 Å². The number of hydrogen-bond donors (Lipinski definition) is 1. The largest absolute Gasteiger partial charge is 0.345 e. The standard InChI is InChI=1S/C22H19N7OS3/c1-27-6-8-28(9-7-27)21-24-15-4-2-13(10-17(15)32-21)16-12-23-19-5-3-14(26-29(16)19)11-18-20(30)25-22(31)33-18/h2-5,10-12H,6-9H2,1H3,(H,25,30,31). The van der Waals surface area contributed by atoms with Crippen molar-refractivity contribution in [3.05, 3.63) is 47.1 Å². The number of likely N-dealkylation sites (N-methyl/N-ethyl adjacent to an activating group) is 1. The zero-order chi connectivity index (χ0) is 22.5.